The van der Waals surface area contributed by atoms with Gasteiger partial charge in [-0.15, -0.1) is 0 Å². The monoisotopic (exact) mass is 273 g/mol. The lowest BCUT2D eigenvalue weighted by Crippen LogP contribution is -2.51. The summed E-state index contributed by atoms with van der Waals surface area (Å²) < 4.78 is 0. The van der Waals surface area contributed by atoms with E-state index < -0.39 is 0 Å². The Bertz CT molecular complexity index is 442. The minimum Gasteiger partial charge on any atom is -0.391 e. The number of benzene rings is 1. The summed E-state index contributed by atoms with van der Waals surface area (Å²) in [6, 6.07) is 11.2. The van der Waals surface area contributed by atoms with Gasteiger partial charge in [-0.2, -0.15) is 0 Å². The number of rotatable bonds is 2. The Morgan fingerprint density at radius 1 is 1.15 bits per heavy atom. The molecule has 3 unspecified atom stereocenters. The molecule has 1 saturated carbocycles. The number of aliphatic hydroxyl groups is 1. The highest BCUT2D eigenvalue weighted by molar-refractivity contribution is 5.21. The van der Waals surface area contributed by atoms with E-state index in [4.69, 9.17) is 0 Å². The molecule has 3 rings (SSSR count). The van der Waals surface area contributed by atoms with E-state index >= 15 is 0 Å². The summed E-state index contributed by atoms with van der Waals surface area (Å²) in [5, 5.41) is 10.7. The quantitative estimate of drug-likeness (QED) is 0.892. The van der Waals surface area contributed by atoms with Gasteiger partial charge in [-0.05, 0) is 42.7 Å². The van der Waals surface area contributed by atoms with Crippen LogP contribution in [0.3, 0.4) is 0 Å². The average molecular weight is 273 g/mol. The lowest BCUT2D eigenvalue weighted by atomic mass is 9.72. The normalized spacial score (nSPS) is 34.2. The van der Waals surface area contributed by atoms with Gasteiger partial charge in [0.25, 0.3) is 0 Å². The Morgan fingerprint density at radius 3 is 2.65 bits per heavy atom. The Labute approximate surface area is 122 Å². The molecule has 1 N–H and O–H groups in total. The van der Waals surface area contributed by atoms with Crippen molar-refractivity contribution >= 4 is 0 Å². The number of nitrogens with zero attached hydrogens (tertiary/aromatic N) is 1. The molecule has 2 nitrogen and oxygen atoms in total. The number of likely N-dealkylation sites (tertiary alicyclic amines) is 1. The fraction of sp³-hybridized carbons (Fsp3) is 0.667. The molecule has 3 atom stereocenters. The summed E-state index contributed by atoms with van der Waals surface area (Å²) in [5.41, 5.74) is 1.54. The second kappa shape index (κ2) is 5.50. The summed E-state index contributed by atoms with van der Waals surface area (Å²) in [7, 11) is 0. The summed E-state index contributed by atoms with van der Waals surface area (Å²) in [6.45, 7) is 6.68. The van der Waals surface area contributed by atoms with Crippen LogP contribution in [-0.4, -0.2) is 35.2 Å². The third-order valence-electron chi connectivity index (χ3n) is 5.45. The van der Waals surface area contributed by atoms with Crippen molar-refractivity contribution in [3.63, 3.8) is 0 Å². The highest BCUT2D eigenvalue weighted by Crippen LogP contribution is 2.40. The van der Waals surface area contributed by atoms with E-state index in [1.165, 1.54) is 18.4 Å². The molecule has 110 valence electrons. The van der Waals surface area contributed by atoms with Crippen LogP contribution in [0.4, 0.5) is 0 Å². The standard InChI is InChI=1S/C18H27NO/c1-18(2)11-6-9-16(17(18)20)19-12-10-15(13-19)14-7-4-3-5-8-14/h3-5,7-8,15-17,20H,6,9-13H2,1-2H3. The molecule has 2 heteroatoms. The van der Waals surface area contributed by atoms with Crippen LogP contribution in [-0.2, 0) is 0 Å². The molecule has 1 aliphatic carbocycles. The van der Waals surface area contributed by atoms with Crippen LogP contribution in [0.2, 0.25) is 0 Å². The van der Waals surface area contributed by atoms with Crippen molar-refractivity contribution in [3.8, 4) is 0 Å². The van der Waals surface area contributed by atoms with E-state index in [1.807, 2.05) is 0 Å². The van der Waals surface area contributed by atoms with E-state index in [2.05, 4.69) is 49.1 Å². The molecule has 1 aromatic carbocycles. The van der Waals surface area contributed by atoms with Crippen LogP contribution >= 0.6 is 0 Å². The molecular formula is C18H27NO. The van der Waals surface area contributed by atoms with Gasteiger partial charge >= 0.3 is 0 Å². The maximum Gasteiger partial charge on any atom is 0.0746 e. The molecule has 1 saturated heterocycles. The van der Waals surface area contributed by atoms with E-state index in [-0.39, 0.29) is 11.5 Å². The van der Waals surface area contributed by atoms with Gasteiger partial charge in [-0.25, -0.2) is 0 Å². The largest absolute Gasteiger partial charge is 0.391 e. The maximum atomic E-state index is 10.7. The van der Waals surface area contributed by atoms with E-state index in [9.17, 15) is 5.11 Å². The van der Waals surface area contributed by atoms with Gasteiger partial charge in [0.15, 0.2) is 0 Å². The van der Waals surface area contributed by atoms with E-state index in [0.29, 0.717) is 12.0 Å². The fourth-order valence-electron chi connectivity index (χ4n) is 4.06. The van der Waals surface area contributed by atoms with Crippen molar-refractivity contribution in [3.05, 3.63) is 35.9 Å². The molecule has 20 heavy (non-hydrogen) atoms. The van der Waals surface area contributed by atoms with Crippen molar-refractivity contribution < 1.29 is 5.11 Å². The highest BCUT2D eigenvalue weighted by Gasteiger charge is 2.42. The van der Waals surface area contributed by atoms with E-state index in [1.54, 1.807) is 0 Å². The fourth-order valence-corrected chi connectivity index (χ4v) is 4.06. The van der Waals surface area contributed by atoms with Gasteiger partial charge in [0.2, 0.25) is 0 Å². The van der Waals surface area contributed by atoms with Gasteiger partial charge < -0.3 is 5.11 Å². The highest BCUT2D eigenvalue weighted by atomic mass is 16.3. The minimum atomic E-state index is -0.175. The van der Waals surface area contributed by atoms with Gasteiger partial charge in [0.05, 0.1) is 6.10 Å². The molecule has 0 radical (unpaired) electrons. The van der Waals surface area contributed by atoms with Crippen molar-refractivity contribution in [2.45, 2.75) is 57.6 Å². The van der Waals surface area contributed by atoms with E-state index in [0.717, 1.165) is 25.9 Å². The van der Waals surface area contributed by atoms with Gasteiger partial charge in [0.1, 0.15) is 0 Å². The number of hydrogen-bond acceptors (Lipinski definition) is 2. The molecule has 1 aromatic rings. The SMILES string of the molecule is CC1(C)CCCC(N2CCC(c3ccccc3)C2)C1O. The Morgan fingerprint density at radius 2 is 1.90 bits per heavy atom. The number of aliphatic hydroxyl groups excluding tert-OH is 1. The van der Waals surface area contributed by atoms with Crippen LogP contribution in [0, 0.1) is 5.41 Å². The first kappa shape index (κ1) is 14.1. The van der Waals surface area contributed by atoms with Crippen molar-refractivity contribution in [1.29, 1.82) is 0 Å². The zero-order valence-corrected chi connectivity index (χ0v) is 12.8. The molecule has 0 amide bonds. The van der Waals surface area contributed by atoms with Crippen LogP contribution in [0.25, 0.3) is 0 Å². The minimum absolute atomic E-state index is 0.0771. The van der Waals surface area contributed by atoms with Crippen LogP contribution in [0.1, 0.15) is 51.0 Å². The number of hydrogen-bond donors (Lipinski definition) is 1. The van der Waals surface area contributed by atoms with Crippen LogP contribution in [0.5, 0.6) is 0 Å². The van der Waals surface area contributed by atoms with Gasteiger partial charge in [-0.1, -0.05) is 50.6 Å². The van der Waals surface area contributed by atoms with Gasteiger partial charge in [-0.3, -0.25) is 4.90 Å². The van der Waals surface area contributed by atoms with Crippen LogP contribution < -0.4 is 0 Å². The molecule has 0 aromatic heterocycles. The molecule has 1 aliphatic heterocycles. The molecule has 0 bridgehead atoms. The predicted molar refractivity (Wildman–Crippen MR) is 82.8 cm³/mol. The summed E-state index contributed by atoms with van der Waals surface area (Å²) in [6.07, 6.45) is 4.62. The maximum absolute atomic E-state index is 10.7. The van der Waals surface area contributed by atoms with Crippen molar-refractivity contribution in [2.75, 3.05) is 13.1 Å². The molecule has 0 spiro atoms. The topological polar surface area (TPSA) is 23.5 Å². The van der Waals surface area contributed by atoms with Gasteiger partial charge in [0, 0.05) is 12.6 Å². The first-order chi connectivity index (χ1) is 9.58. The van der Waals surface area contributed by atoms with Crippen molar-refractivity contribution in [1.82, 2.24) is 4.90 Å². The Kier molecular flexibility index (Phi) is 3.87. The lowest BCUT2D eigenvalue weighted by molar-refractivity contribution is -0.0514. The van der Waals surface area contributed by atoms with Crippen molar-refractivity contribution in [2.24, 2.45) is 5.41 Å². The lowest BCUT2D eigenvalue weighted by Gasteiger charge is -2.44. The molecule has 2 fully saturated rings. The summed E-state index contributed by atoms with van der Waals surface area (Å²) in [4.78, 5) is 2.54. The smallest absolute Gasteiger partial charge is 0.0746 e. The predicted octanol–water partition coefficient (Wildman–Crippen LogP) is 3.42. The summed E-state index contributed by atoms with van der Waals surface area (Å²) in [5.74, 6) is 0.647. The molecule has 1 heterocycles. The third-order valence-corrected chi connectivity index (χ3v) is 5.45. The molecular weight excluding hydrogens is 246 g/mol. The zero-order chi connectivity index (χ0) is 14.2. The van der Waals surface area contributed by atoms with Crippen LogP contribution in [0.15, 0.2) is 30.3 Å². The Balaban J connectivity index is 1.68. The second-order valence-corrected chi connectivity index (χ2v) is 7.28. The zero-order valence-electron chi connectivity index (χ0n) is 12.8. The Hall–Kier alpha value is -0.860. The average Bonchev–Trinajstić information content (AvgIpc) is 2.92. The first-order valence-electron chi connectivity index (χ1n) is 8.05. The second-order valence-electron chi connectivity index (χ2n) is 7.28. The molecule has 2 aliphatic rings. The summed E-state index contributed by atoms with van der Waals surface area (Å²) >= 11 is 0. The third kappa shape index (κ3) is 2.64. The first-order valence-corrected chi connectivity index (χ1v) is 8.05.